The van der Waals surface area contributed by atoms with Crippen LogP contribution >= 0.6 is 0 Å². The molecule has 2 rings (SSSR count). The molecule has 112 valence electrons. The van der Waals surface area contributed by atoms with Crippen molar-refractivity contribution in [1.29, 1.82) is 0 Å². The first-order valence-electron chi connectivity index (χ1n) is 7.99. The monoisotopic (exact) mass is 275 g/mol. The molecule has 20 heavy (non-hydrogen) atoms. The Bertz CT molecular complexity index is 360. The van der Waals surface area contributed by atoms with Crippen LogP contribution in [-0.4, -0.2) is 56.1 Å². The second kappa shape index (κ2) is 8.40. The van der Waals surface area contributed by atoms with E-state index in [1.807, 2.05) is 0 Å². The molecule has 1 atom stereocenters. The second-order valence-corrected chi connectivity index (χ2v) is 5.81. The van der Waals surface area contributed by atoms with Crippen molar-refractivity contribution in [3.05, 3.63) is 35.9 Å². The van der Waals surface area contributed by atoms with Crippen molar-refractivity contribution in [3.63, 3.8) is 0 Å². The minimum Gasteiger partial charge on any atom is -0.314 e. The Balaban J connectivity index is 2.02. The minimum absolute atomic E-state index is 0.515. The van der Waals surface area contributed by atoms with Gasteiger partial charge >= 0.3 is 0 Å². The Hall–Kier alpha value is -0.900. The van der Waals surface area contributed by atoms with E-state index in [1.165, 1.54) is 38.0 Å². The summed E-state index contributed by atoms with van der Waals surface area (Å²) in [4.78, 5) is 5.12. The molecule has 3 heteroatoms. The van der Waals surface area contributed by atoms with Gasteiger partial charge in [0, 0.05) is 38.8 Å². The summed E-state index contributed by atoms with van der Waals surface area (Å²) >= 11 is 0. The molecule has 1 aromatic rings. The summed E-state index contributed by atoms with van der Waals surface area (Å²) in [5, 5.41) is 3.44. The smallest absolute Gasteiger partial charge is 0.0472 e. The molecule has 0 aromatic heterocycles. The Labute approximate surface area is 124 Å². The first-order chi connectivity index (χ1) is 9.81. The predicted octanol–water partition coefficient (Wildman–Crippen LogP) is 2.36. The highest BCUT2D eigenvalue weighted by Crippen LogP contribution is 2.21. The van der Waals surface area contributed by atoms with Gasteiger partial charge in [-0.05, 0) is 25.6 Å². The molecular formula is C17H29N3. The van der Waals surface area contributed by atoms with Crippen molar-refractivity contribution in [2.75, 3.05) is 46.3 Å². The lowest BCUT2D eigenvalue weighted by Crippen LogP contribution is -2.47. The molecule has 1 aliphatic rings. The summed E-state index contributed by atoms with van der Waals surface area (Å²) in [6.07, 6.45) is 2.54. The summed E-state index contributed by atoms with van der Waals surface area (Å²) < 4.78 is 0. The number of hydrogen-bond donors (Lipinski definition) is 1. The third-order valence-corrected chi connectivity index (χ3v) is 4.22. The Morgan fingerprint density at radius 2 is 1.90 bits per heavy atom. The summed E-state index contributed by atoms with van der Waals surface area (Å²) in [5.41, 5.74) is 1.45. The van der Waals surface area contributed by atoms with Crippen LogP contribution in [0.3, 0.4) is 0 Å². The van der Waals surface area contributed by atoms with E-state index in [0.717, 1.165) is 19.6 Å². The molecule has 0 bridgehead atoms. The van der Waals surface area contributed by atoms with Crippen LogP contribution < -0.4 is 5.32 Å². The first kappa shape index (κ1) is 15.5. The third-order valence-electron chi connectivity index (χ3n) is 4.22. The van der Waals surface area contributed by atoms with Gasteiger partial charge in [0.15, 0.2) is 0 Å². The van der Waals surface area contributed by atoms with Crippen LogP contribution in [0.2, 0.25) is 0 Å². The van der Waals surface area contributed by atoms with Gasteiger partial charge in [-0.3, -0.25) is 9.80 Å². The Kier molecular flexibility index (Phi) is 6.51. The standard InChI is InChI=1S/C17H29N3/c1-3-4-12-19(2)17(16-8-6-5-7-9-16)15-20-13-10-18-11-14-20/h5-9,17-18H,3-4,10-15H2,1-2H3. The molecule has 1 fully saturated rings. The number of unbranched alkanes of at least 4 members (excludes halogenated alkanes) is 1. The van der Waals surface area contributed by atoms with E-state index in [1.54, 1.807) is 0 Å². The van der Waals surface area contributed by atoms with E-state index in [-0.39, 0.29) is 0 Å². The molecular weight excluding hydrogens is 246 g/mol. The molecule has 1 saturated heterocycles. The fourth-order valence-corrected chi connectivity index (χ4v) is 2.88. The summed E-state index contributed by atoms with van der Waals surface area (Å²) in [5.74, 6) is 0. The van der Waals surface area contributed by atoms with E-state index in [9.17, 15) is 0 Å². The molecule has 1 unspecified atom stereocenters. The van der Waals surface area contributed by atoms with Gasteiger partial charge in [0.2, 0.25) is 0 Å². The van der Waals surface area contributed by atoms with Crippen molar-refractivity contribution in [2.24, 2.45) is 0 Å². The van der Waals surface area contributed by atoms with E-state index < -0.39 is 0 Å². The highest BCUT2D eigenvalue weighted by molar-refractivity contribution is 5.19. The highest BCUT2D eigenvalue weighted by atomic mass is 15.2. The van der Waals surface area contributed by atoms with Crippen LogP contribution in [0.25, 0.3) is 0 Å². The maximum Gasteiger partial charge on any atom is 0.0472 e. The van der Waals surface area contributed by atoms with Crippen molar-refractivity contribution < 1.29 is 0 Å². The number of nitrogens with one attached hydrogen (secondary N) is 1. The lowest BCUT2D eigenvalue weighted by molar-refractivity contribution is 0.149. The molecule has 0 saturated carbocycles. The van der Waals surface area contributed by atoms with Crippen LogP contribution in [-0.2, 0) is 0 Å². The lowest BCUT2D eigenvalue weighted by atomic mass is 10.0. The Morgan fingerprint density at radius 1 is 1.20 bits per heavy atom. The average Bonchev–Trinajstić information content (AvgIpc) is 2.52. The maximum absolute atomic E-state index is 3.44. The van der Waals surface area contributed by atoms with Crippen LogP contribution in [0.1, 0.15) is 31.4 Å². The number of nitrogens with zero attached hydrogens (tertiary/aromatic N) is 2. The zero-order valence-electron chi connectivity index (χ0n) is 13.0. The summed E-state index contributed by atoms with van der Waals surface area (Å²) in [6.45, 7) is 9.19. The molecule has 1 aliphatic heterocycles. The first-order valence-corrected chi connectivity index (χ1v) is 7.99. The molecule has 3 nitrogen and oxygen atoms in total. The molecule has 0 radical (unpaired) electrons. The fourth-order valence-electron chi connectivity index (χ4n) is 2.88. The minimum atomic E-state index is 0.515. The second-order valence-electron chi connectivity index (χ2n) is 5.81. The van der Waals surface area contributed by atoms with E-state index in [4.69, 9.17) is 0 Å². The fraction of sp³-hybridized carbons (Fsp3) is 0.647. The number of benzene rings is 1. The van der Waals surface area contributed by atoms with Gasteiger partial charge in [-0.2, -0.15) is 0 Å². The van der Waals surface area contributed by atoms with Crippen LogP contribution in [0.15, 0.2) is 30.3 Å². The van der Waals surface area contributed by atoms with Gasteiger partial charge in [0.25, 0.3) is 0 Å². The molecule has 0 aliphatic carbocycles. The van der Waals surface area contributed by atoms with Gasteiger partial charge in [0.05, 0.1) is 0 Å². The van der Waals surface area contributed by atoms with Gasteiger partial charge in [0.1, 0.15) is 0 Å². The molecule has 0 amide bonds. The molecule has 1 heterocycles. The summed E-state index contributed by atoms with van der Waals surface area (Å²) in [7, 11) is 2.27. The number of rotatable bonds is 7. The highest BCUT2D eigenvalue weighted by Gasteiger charge is 2.21. The van der Waals surface area contributed by atoms with Gasteiger partial charge in [-0.15, -0.1) is 0 Å². The largest absolute Gasteiger partial charge is 0.314 e. The molecule has 1 N–H and O–H groups in total. The van der Waals surface area contributed by atoms with Crippen LogP contribution in [0.4, 0.5) is 0 Å². The van der Waals surface area contributed by atoms with Crippen molar-refractivity contribution in [2.45, 2.75) is 25.8 Å². The van der Waals surface area contributed by atoms with Gasteiger partial charge in [-0.1, -0.05) is 43.7 Å². The lowest BCUT2D eigenvalue weighted by Gasteiger charge is -2.35. The number of hydrogen-bond acceptors (Lipinski definition) is 3. The van der Waals surface area contributed by atoms with Crippen LogP contribution in [0, 0.1) is 0 Å². The van der Waals surface area contributed by atoms with E-state index >= 15 is 0 Å². The van der Waals surface area contributed by atoms with E-state index in [2.05, 4.69) is 59.4 Å². The van der Waals surface area contributed by atoms with Crippen molar-refractivity contribution in [3.8, 4) is 0 Å². The summed E-state index contributed by atoms with van der Waals surface area (Å²) in [6, 6.07) is 11.5. The van der Waals surface area contributed by atoms with Crippen molar-refractivity contribution in [1.82, 2.24) is 15.1 Å². The zero-order valence-corrected chi connectivity index (χ0v) is 13.0. The van der Waals surface area contributed by atoms with Crippen LogP contribution in [0.5, 0.6) is 0 Å². The third kappa shape index (κ3) is 4.58. The Morgan fingerprint density at radius 3 is 2.55 bits per heavy atom. The van der Waals surface area contributed by atoms with Crippen molar-refractivity contribution >= 4 is 0 Å². The molecule has 0 spiro atoms. The van der Waals surface area contributed by atoms with E-state index in [0.29, 0.717) is 6.04 Å². The molecule has 1 aromatic carbocycles. The maximum atomic E-state index is 3.44. The quantitative estimate of drug-likeness (QED) is 0.824. The topological polar surface area (TPSA) is 18.5 Å². The van der Waals surface area contributed by atoms with Gasteiger partial charge in [-0.25, -0.2) is 0 Å². The number of piperazine rings is 1. The SMILES string of the molecule is CCCCN(C)C(CN1CCNCC1)c1ccccc1. The predicted molar refractivity (Wildman–Crippen MR) is 86.0 cm³/mol. The zero-order chi connectivity index (χ0) is 14.2. The number of likely N-dealkylation sites (N-methyl/N-ethyl adjacent to an activating group) is 1. The average molecular weight is 275 g/mol. The normalized spacial score (nSPS) is 18.4. The van der Waals surface area contributed by atoms with Gasteiger partial charge < -0.3 is 5.32 Å².